The van der Waals surface area contributed by atoms with E-state index in [-0.39, 0.29) is 99.2 Å². The van der Waals surface area contributed by atoms with Crippen LogP contribution < -0.4 is 60.1 Å². The molecule has 2 aromatic heterocycles. The molecule has 0 spiro atoms. The van der Waals surface area contributed by atoms with Crippen LogP contribution in [0.1, 0.15) is 0 Å². The fourth-order valence-corrected chi connectivity index (χ4v) is 7.64. The summed E-state index contributed by atoms with van der Waals surface area (Å²) in [6, 6.07) is 35.8. The Balaban J connectivity index is 1.27. The van der Waals surface area contributed by atoms with Crippen LogP contribution >= 0.6 is 0 Å². The van der Waals surface area contributed by atoms with Crippen LogP contribution in [0.2, 0.25) is 0 Å². The summed E-state index contributed by atoms with van der Waals surface area (Å²) in [7, 11) is 72.8. The first-order chi connectivity index (χ1) is 28.8. The van der Waals surface area contributed by atoms with Crippen molar-refractivity contribution in [1.82, 2.24) is 15.0 Å². The summed E-state index contributed by atoms with van der Waals surface area (Å²) < 4.78 is 6.21. The van der Waals surface area contributed by atoms with Crippen molar-refractivity contribution in [1.29, 1.82) is 0 Å². The van der Waals surface area contributed by atoms with Crippen molar-refractivity contribution in [3.8, 4) is 67.5 Å². The van der Waals surface area contributed by atoms with E-state index in [2.05, 4.69) is 0 Å². The van der Waals surface area contributed by atoms with Gasteiger partial charge >= 0.3 is 0 Å². The average molecular weight is 736 g/mol. The van der Waals surface area contributed by atoms with Gasteiger partial charge in [0.05, 0.1) is 0 Å². The summed E-state index contributed by atoms with van der Waals surface area (Å²) in [5, 5.41) is 0.581. The van der Waals surface area contributed by atoms with E-state index < -0.39 is 0 Å². The molecule has 0 fully saturated rings. The number of hydrogen-bond donors (Lipinski definition) is 0. The molecule has 15 heteroatoms. The molecule has 0 unspecified atom stereocenters. The Labute approximate surface area is 362 Å². The minimum atomic E-state index is -0.0201. The first-order valence-corrected chi connectivity index (χ1v) is 18.6. The molecule has 0 saturated carbocycles. The molecule has 252 valence electrons. The third kappa shape index (κ3) is 6.36. The standard InChI is InChI=1S/C45H18B11N3O/c46-30-25(26-31(47)33(49)27-28-34(50)38(54)39(55)40(56)42(28)60-41(27)36(26)52)32(48)37(53)35(51)29(30)45-58-43(23-15-11-21(12-16-23)19-7-3-1-4-8-19)57-44(59-45)24-17-13-22(14-18-24)20-9-5-2-6-10-20/h1-18H. The van der Waals surface area contributed by atoms with Crippen LogP contribution in [0.15, 0.2) is 114 Å². The lowest BCUT2D eigenvalue weighted by Crippen LogP contribution is -2.48. The molecule has 4 nitrogen and oxygen atoms in total. The topological polar surface area (TPSA) is 51.8 Å². The molecule has 60 heavy (non-hydrogen) atoms. The van der Waals surface area contributed by atoms with Gasteiger partial charge in [-0.15, -0.1) is 16.4 Å². The maximum atomic E-state index is 7.09. The molecule has 22 radical (unpaired) electrons. The zero-order chi connectivity index (χ0) is 42.1. The van der Waals surface area contributed by atoms with Crippen molar-refractivity contribution >= 4 is 168 Å². The summed E-state index contributed by atoms with van der Waals surface area (Å²) in [5.41, 5.74) is 6.51. The minimum Gasteiger partial charge on any atom is -0.457 e. The molecule has 7 aromatic carbocycles. The Morgan fingerprint density at radius 1 is 0.267 bits per heavy atom. The van der Waals surface area contributed by atoms with Crippen LogP contribution in [-0.4, -0.2) is 101 Å². The van der Waals surface area contributed by atoms with Gasteiger partial charge in [-0.2, -0.15) is 0 Å². The molecular formula is C45H18B11N3O. The summed E-state index contributed by atoms with van der Waals surface area (Å²) in [6.45, 7) is 0. The lowest BCUT2D eigenvalue weighted by molar-refractivity contribution is 0.675. The first kappa shape index (κ1) is 39.5. The molecule has 0 atom stereocenters. The van der Waals surface area contributed by atoms with Gasteiger partial charge in [-0.05, 0) is 38.8 Å². The fourth-order valence-electron chi connectivity index (χ4n) is 7.64. The Morgan fingerprint density at radius 3 is 1.10 bits per heavy atom. The summed E-state index contributed by atoms with van der Waals surface area (Å²) in [4.78, 5) is 14.8. The summed E-state index contributed by atoms with van der Waals surface area (Å²) >= 11 is 0. The Bertz CT molecular complexity index is 3090. The van der Waals surface area contributed by atoms with E-state index in [1.807, 2.05) is 109 Å². The maximum absolute atomic E-state index is 7.09. The third-order valence-corrected chi connectivity index (χ3v) is 10.9. The van der Waals surface area contributed by atoms with Gasteiger partial charge in [0.1, 0.15) is 97.5 Å². The van der Waals surface area contributed by atoms with Crippen LogP contribution in [0, 0.1) is 0 Å². The largest absolute Gasteiger partial charge is 0.457 e. The summed E-state index contributed by atoms with van der Waals surface area (Å²) in [5.74, 6) is 0.801. The van der Waals surface area contributed by atoms with Crippen molar-refractivity contribution in [2.24, 2.45) is 0 Å². The number of hydrogen-bond acceptors (Lipinski definition) is 4. The lowest BCUT2D eigenvalue weighted by atomic mass is 9.59. The zero-order valence-electron chi connectivity index (χ0n) is 32.0. The molecule has 0 bridgehead atoms. The lowest BCUT2D eigenvalue weighted by Gasteiger charge is -2.26. The molecule has 0 amide bonds. The molecule has 9 rings (SSSR count). The molecule has 0 aliphatic rings. The fraction of sp³-hybridized carbons (Fsp3) is 0. The first-order valence-electron chi connectivity index (χ1n) is 18.6. The molecule has 0 aliphatic carbocycles. The van der Waals surface area contributed by atoms with Crippen LogP contribution in [0.4, 0.5) is 0 Å². The highest BCUT2D eigenvalue weighted by molar-refractivity contribution is 6.70. The molecule has 0 N–H and O–H groups in total. The predicted octanol–water partition coefficient (Wildman–Crippen LogP) is -1.50. The van der Waals surface area contributed by atoms with Crippen LogP contribution in [0.5, 0.6) is 0 Å². The second-order valence-corrected chi connectivity index (χ2v) is 14.4. The number of furan rings is 1. The Morgan fingerprint density at radius 2 is 0.600 bits per heavy atom. The molecule has 0 saturated heterocycles. The molecule has 2 heterocycles. The van der Waals surface area contributed by atoms with Crippen LogP contribution in [0.3, 0.4) is 0 Å². The Hall–Kier alpha value is -5.94. The summed E-state index contributed by atoms with van der Waals surface area (Å²) in [6.07, 6.45) is 0. The quantitative estimate of drug-likeness (QED) is 0.196. The van der Waals surface area contributed by atoms with Gasteiger partial charge in [0, 0.05) is 27.5 Å². The minimum absolute atomic E-state index is 0.00127. The van der Waals surface area contributed by atoms with Gasteiger partial charge in [-0.25, -0.2) is 15.0 Å². The van der Waals surface area contributed by atoms with Crippen LogP contribution in [0.25, 0.3) is 89.5 Å². The second-order valence-electron chi connectivity index (χ2n) is 14.4. The van der Waals surface area contributed by atoms with E-state index in [9.17, 15) is 0 Å². The highest BCUT2D eigenvalue weighted by atomic mass is 16.3. The SMILES string of the molecule is [B]c1c([B])c(-c2nc(-c3ccc(-c4ccccc4)cc3)nc(-c3ccc(-c4ccccc4)cc3)n2)c([B])c(-c2c([B])c([B])c3c(oc4c([B])c([B])c([B])c([B])c43)c2[B])c1[B]. The van der Waals surface area contributed by atoms with Gasteiger partial charge in [-0.1, -0.05) is 147 Å². The second kappa shape index (κ2) is 15.3. The van der Waals surface area contributed by atoms with Crippen molar-refractivity contribution < 1.29 is 4.42 Å². The van der Waals surface area contributed by atoms with Crippen molar-refractivity contribution in [3.05, 3.63) is 109 Å². The number of fused-ring (bicyclic) bond motifs is 3. The van der Waals surface area contributed by atoms with Crippen molar-refractivity contribution in [2.45, 2.75) is 0 Å². The highest BCUT2D eigenvalue weighted by Gasteiger charge is 2.26. The molecule has 0 aliphatic heterocycles. The molecular weight excluding hydrogens is 717 g/mol. The van der Waals surface area contributed by atoms with E-state index in [4.69, 9.17) is 106 Å². The van der Waals surface area contributed by atoms with E-state index in [0.717, 1.165) is 22.3 Å². The van der Waals surface area contributed by atoms with Gasteiger partial charge in [0.25, 0.3) is 0 Å². The van der Waals surface area contributed by atoms with Crippen LogP contribution in [-0.2, 0) is 0 Å². The van der Waals surface area contributed by atoms with Gasteiger partial charge in [-0.3, -0.25) is 0 Å². The van der Waals surface area contributed by atoms with E-state index in [0.29, 0.717) is 28.2 Å². The van der Waals surface area contributed by atoms with E-state index in [1.165, 1.54) is 0 Å². The van der Waals surface area contributed by atoms with Gasteiger partial charge < -0.3 is 4.42 Å². The number of nitrogens with zero attached hydrogens (tertiary/aromatic N) is 3. The normalized spacial score (nSPS) is 11.4. The van der Waals surface area contributed by atoms with E-state index in [1.54, 1.807) is 0 Å². The Kier molecular flexibility index (Phi) is 10.1. The average Bonchev–Trinajstić information content (AvgIpc) is 3.69. The van der Waals surface area contributed by atoms with Crippen molar-refractivity contribution in [3.63, 3.8) is 0 Å². The molecule has 9 aromatic rings. The third-order valence-electron chi connectivity index (χ3n) is 10.9. The zero-order valence-corrected chi connectivity index (χ0v) is 32.0. The van der Waals surface area contributed by atoms with Gasteiger partial charge in [0.15, 0.2) is 17.5 Å². The van der Waals surface area contributed by atoms with E-state index >= 15 is 0 Å². The predicted molar refractivity (Wildman–Crippen MR) is 259 cm³/mol. The smallest absolute Gasteiger partial charge is 0.164 e. The van der Waals surface area contributed by atoms with Crippen molar-refractivity contribution in [2.75, 3.05) is 0 Å². The number of benzene rings is 7. The monoisotopic (exact) mass is 737 g/mol. The van der Waals surface area contributed by atoms with Gasteiger partial charge in [0.2, 0.25) is 0 Å². The maximum Gasteiger partial charge on any atom is 0.164 e. The number of aromatic nitrogens is 3. The highest BCUT2D eigenvalue weighted by Crippen LogP contribution is 2.30. The number of rotatable bonds is 6.